The maximum Gasteiger partial charge on any atom is 0.422 e. The van der Waals surface area contributed by atoms with Crippen molar-refractivity contribution in [1.29, 1.82) is 0 Å². The van der Waals surface area contributed by atoms with Crippen molar-refractivity contribution in [3.8, 4) is 0 Å². The standard InChI is InChI=1S/C27H29N3O7S.C12H17N3O5S/c1-19(31)29-14-12-22(13-15-29)24-23(16-20-8-4-2-5-9-20)17-30(25(24)26(32)33)38(35,36)28-27(34)37-18-21-10-6-3-7-11-21;1-8(16)14-5-2-9(3-6-14)10-4-7-15(21(13,19)20)11(10)12(17)18/h2-11,17,22H,12-16,18H2,1H3,(H,28,34)(H,32,33);4,7,9H,2-3,5-6H2,1H3,(H,17,18)(H2,13,19,20). The van der Waals surface area contributed by atoms with Crippen LogP contribution in [-0.4, -0.2) is 101 Å². The van der Waals surface area contributed by atoms with Crippen molar-refractivity contribution in [2.75, 3.05) is 26.2 Å². The third kappa shape index (κ3) is 10.9. The molecule has 316 valence electrons. The Morgan fingerprint density at radius 2 is 1.20 bits per heavy atom. The Morgan fingerprint density at radius 3 is 1.68 bits per heavy atom. The van der Waals surface area contributed by atoms with Gasteiger partial charge in [0.25, 0.3) is 0 Å². The average Bonchev–Trinajstić information content (AvgIpc) is 3.82. The van der Waals surface area contributed by atoms with Gasteiger partial charge in [-0.2, -0.15) is 16.8 Å². The largest absolute Gasteiger partial charge is 0.477 e. The fraction of sp³-hybridized carbons (Fsp3) is 0.359. The number of aromatic nitrogens is 2. The van der Waals surface area contributed by atoms with E-state index in [9.17, 15) is 51.0 Å². The molecule has 18 nitrogen and oxygen atoms in total. The summed E-state index contributed by atoms with van der Waals surface area (Å²) in [5, 5.41) is 24.4. The van der Waals surface area contributed by atoms with Gasteiger partial charge in [-0.25, -0.2) is 32.2 Å². The van der Waals surface area contributed by atoms with Gasteiger partial charge in [-0.15, -0.1) is 0 Å². The van der Waals surface area contributed by atoms with Crippen LogP contribution in [0.25, 0.3) is 0 Å². The predicted molar refractivity (Wildman–Crippen MR) is 213 cm³/mol. The summed E-state index contributed by atoms with van der Waals surface area (Å²) in [6.07, 6.45) is 3.64. The van der Waals surface area contributed by atoms with Gasteiger partial charge in [0.15, 0.2) is 0 Å². The summed E-state index contributed by atoms with van der Waals surface area (Å²) in [4.78, 5) is 62.7. The zero-order valence-corrected chi connectivity index (χ0v) is 34.0. The maximum absolute atomic E-state index is 13.3. The van der Waals surface area contributed by atoms with E-state index in [-0.39, 0.29) is 36.0 Å². The molecule has 59 heavy (non-hydrogen) atoms. The molecule has 3 amide bonds. The summed E-state index contributed by atoms with van der Waals surface area (Å²) in [6.45, 7) is 4.74. The molecule has 0 bridgehead atoms. The number of ether oxygens (including phenoxy) is 1. The lowest BCUT2D eigenvalue weighted by Gasteiger charge is -2.32. The van der Waals surface area contributed by atoms with Crippen LogP contribution in [0.4, 0.5) is 4.79 Å². The van der Waals surface area contributed by atoms with Gasteiger partial charge in [-0.1, -0.05) is 60.7 Å². The van der Waals surface area contributed by atoms with E-state index in [0.29, 0.717) is 88.5 Å². The van der Waals surface area contributed by atoms with E-state index in [1.165, 1.54) is 26.1 Å². The number of rotatable bonds is 11. The Kier molecular flexibility index (Phi) is 14.0. The van der Waals surface area contributed by atoms with Crippen molar-refractivity contribution in [1.82, 2.24) is 22.5 Å². The number of amides is 3. The molecule has 2 aliphatic heterocycles. The monoisotopic (exact) mass is 854 g/mol. The van der Waals surface area contributed by atoms with E-state index in [1.54, 1.807) is 40.1 Å². The summed E-state index contributed by atoms with van der Waals surface area (Å²) in [6, 6.07) is 19.5. The highest BCUT2D eigenvalue weighted by Crippen LogP contribution is 2.36. The number of aromatic carboxylic acids is 2. The summed E-state index contributed by atoms with van der Waals surface area (Å²) in [7, 11) is -8.80. The number of carboxylic acid groups (broad SMARTS) is 2. The number of nitrogens with one attached hydrogen (secondary N) is 1. The third-order valence-electron chi connectivity index (χ3n) is 10.3. The minimum atomic E-state index is -4.65. The lowest BCUT2D eigenvalue weighted by molar-refractivity contribution is -0.130. The fourth-order valence-electron chi connectivity index (χ4n) is 7.44. The number of likely N-dealkylation sites (tertiary alicyclic amines) is 2. The molecule has 0 saturated carbocycles. The van der Waals surface area contributed by atoms with E-state index in [0.717, 1.165) is 11.8 Å². The van der Waals surface area contributed by atoms with Gasteiger partial charge < -0.3 is 24.7 Å². The van der Waals surface area contributed by atoms with Crippen LogP contribution in [0.5, 0.6) is 0 Å². The summed E-state index contributed by atoms with van der Waals surface area (Å²) >= 11 is 0. The van der Waals surface area contributed by atoms with Crippen LogP contribution in [0.3, 0.4) is 0 Å². The Bertz CT molecular complexity index is 2400. The van der Waals surface area contributed by atoms with Crippen LogP contribution in [0.1, 0.15) is 100 Å². The Morgan fingerprint density at radius 1 is 0.712 bits per heavy atom. The molecular formula is C39H46N6O12S2. The quantitative estimate of drug-likeness (QED) is 0.169. The minimum Gasteiger partial charge on any atom is -0.477 e. The number of benzene rings is 2. The molecule has 0 atom stereocenters. The highest BCUT2D eigenvalue weighted by molar-refractivity contribution is 7.88. The number of carbonyl (C=O) groups excluding carboxylic acids is 3. The van der Waals surface area contributed by atoms with E-state index < -0.39 is 44.1 Å². The number of carbonyl (C=O) groups is 5. The van der Waals surface area contributed by atoms with E-state index in [4.69, 9.17) is 9.88 Å². The second-order valence-electron chi connectivity index (χ2n) is 14.2. The van der Waals surface area contributed by atoms with E-state index in [2.05, 4.69) is 0 Å². The van der Waals surface area contributed by atoms with Gasteiger partial charge in [-0.05, 0) is 77.8 Å². The molecule has 2 aromatic heterocycles. The normalized spacial score (nSPS) is 15.2. The lowest BCUT2D eigenvalue weighted by atomic mass is 9.85. The van der Waals surface area contributed by atoms with Gasteiger partial charge in [0.05, 0.1) is 0 Å². The van der Waals surface area contributed by atoms with Crippen LogP contribution in [0, 0.1) is 0 Å². The summed E-state index contributed by atoms with van der Waals surface area (Å²) < 4.78 is 57.4. The van der Waals surface area contributed by atoms with Gasteiger partial charge >= 0.3 is 38.5 Å². The van der Waals surface area contributed by atoms with Crippen LogP contribution < -0.4 is 9.86 Å². The third-order valence-corrected chi connectivity index (χ3v) is 12.4. The fourth-order valence-corrected chi connectivity index (χ4v) is 9.16. The molecule has 20 heteroatoms. The van der Waals surface area contributed by atoms with Gasteiger partial charge in [-0.3, -0.25) is 9.59 Å². The zero-order valence-electron chi connectivity index (χ0n) is 32.4. The van der Waals surface area contributed by atoms with Crippen molar-refractivity contribution >= 4 is 50.3 Å². The van der Waals surface area contributed by atoms with Crippen LogP contribution in [0.15, 0.2) is 79.1 Å². The second kappa shape index (κ2) is 18.7. The number of nitrogens with two attached hydrogens (primary N) is 1. The molecule has 2 aliphatic rings. The summed E-state index contributed by atoms with van der Waals surface area (Å²) in [5.41, 5.74) is 2.15. The highest BCUT2D eigenvalue weighted by Gasteiger charge is 2.35. The first kappa shape index (κ1) is 44.1. The van der Waals surface area contributed by atoms with E-state index >= 15 is 0 Å². The molecule has 4 heterocycles. The Labute approximate surface area is 341 Å². The first-order valence-corrected chi connectivity index (χ1v) is 21.6. The van der Waals surface area contributed by atoms with Crippen LogP contribution in [0.2, 0.25) is 0 Å². The SMILES string of the molecule is CC(=O)N1CCC(c2c(Cc3ccccc3)cn(S(=O)(=O)NC(=O)OCc3ccccc3)c2C(=O)O)CC1.CC(=O)N1CCC(c2ccn(S(N)(=O)=O)c2C(=O)O)CC1. The zero-order chi connectivity index (χ0) is 43.1. The number of hydrogen-bond donors (Lipinski definition) is 4. The van der Waals surface area contributed by atoms with Crippen molar-refractivity contribution in [2.45, 2.75) is 64.4 Å². The summed E-state index contributed by atoms with van der Waals surface area (Å²) in [5.74, 6) is -3.24. The predicted octanol–water partition coefficient (Wildman–Crippen LogP) is 3.49. The number of hydrogen-bond acceptors (Lipinski definition) is 10. The molecule has 5 N–H and O–H groups in total. The van der Waals surface area contributed by atoms with Crippen LogP contribution >= 0.6 is 0 Å². The molecule has 2 aromatic carbocycles. The number of carboxylic acids is 2. The van der Waals surface area contributed by atoms with E-state index in [1.807, 2.05) is 35.1 Å². The molecule has 2 fully saturated rings. The molecule has 2 saturated heterocycles. The highest BCUT2D eigenvalue weighted by atomic mass is 32.2. The molecule has 4 aromatic rings. The topological polar surface area (TPSA) is 258 Å². The number of piperidine rings is 2. The van der Waals surface area contributed by atoms with Gasteiger partial charge in [0, 0.05) is 52.4 Å². The Hall–Kier alpha value is -5.99. The molecule has 6 rings (SSSR count). The molecule has 0 aliphatic carbocycles. The Balaban J connectivity index is 0.000000266. The van der Waals surface area contributed by atoms with Crippen molar-refractivity contribution in [3.05, 3.63) is 118 Å². The second-order valence-corrected chi connectivity index (χ2v) is 17.1. The first-order chi connectivity index (χ1) is 27.9. The first-order valence-electron chi connectivity index (χ1n) is 18.6. The van der Waals surface area contributed by atoms with Gasteiger partial charge in [0.1, 0.15) is 18.0 Å². The van der Waals surface area contributed by atoms with Crippen molar-refractivity contribution < 1.29 is 55.8 Å². The lowest BCUT2D eigenvalue weighted by Crippen LogP contribution is -2.38. The number of nitrogens with zero attached hydrogens (tertiary/aromatic N) is 4. The smallest absolute Gasteiger partial charge is 0.422 e. The van der Waals surface area contributed by atoms with Gasteiger partial charge in [0.2, 0.25) is 11.8 Å². The maximum atomic E-state index is 13.3. The molecule has 0 radical (unpaired) electrons. The average molecular weight is 855 g/mol. The van der Waals surface area contributed by atoms with Crippen molar-refractivity contribution in [3.63, 3.8) is 0 Å². The molecule has 0 unspecified atom stereocenters. The molecule has 0 spiro atoms. The minimum absolute atomic E-state index is 0.0194. The van der Waals surface area contributed by atoms with Crippen LogP contribution in [-0.2, 0) is 47.8 Å². The molecular weight excluding hydrogens is 809 g/mol. The van der Waals surface area contributed by atoms with Crippen molar-refractivity contribution in [2.24, 2.45) is 5.14 Å².